The summed E-state index contributed by atoms with van der Waals surface area (Å²) in [4.78, 5) is 23.2. The number of nitrogens with zero attached hydrogens (tertiary/aromatic N) is 6. The van der Waals surface area contributed by atoms with Crippen molar-refractivity contribution >= 4 is 17.5 Å². The van der Waals surface area contributed by atoms with E-state index in [0.717, 1.165) is 11.1 Å². The first-order valence-electron chi connectivity index (χ1n) is 9.85. The zero-order chi connectivity index (χ0) is 22.8. The zero-order valence-corrected chi connectivity index (χ0v) is 17.8. The van der Waals surface area contributed by atoms with E-state index in [1.807, 2.05) is 31.2 Å². The van der Waals surface area contributed by atoms with Gasteiger partial charge in [0, 0.05) is 12.3 Å². The van der Waals surface area contributed by atoms with E-state index < -0.39 is 10.8 Å². The Morgan fingerprint density at radius 3 is 2.66 bits per heavy atom. The van der Waals surface area contributed by atoms with Gasteiger partial charge in [0.15, 0.2) is 11.5 Å². The summed E-state index contributed by atoms with van der Waals surface area (Å²) in [6.45, 7) is 6.09. The fourth-order valence-corrected chi connectivity index (χ4v) is 3.30. The first-order chi connectivity index (χ1) is 15.3. The van der Waals surface area contributed by atoms with Gasteiger partial charge in [-0.2, -0.15) is 9.78 Å². The molecule has 3 aromatic heterocycles. The van der Waals surface area contributed by atoms with Gasteiger partial charge in [-0.15, -0.1) is 0 Å². The van der Waals surface area contributed by atoms with Crippen molar-refractivity contribution in [3.63, 3.8) is 0 Å². The highest BCUT2D eigenvalue weighted by Crippen LogP contribution is 2.19. The summed E-state index contributed by atoms with van der Waals surface area (Å²) in [5.74, 6) is 0.0537. The Morgan fingerprint density at radius 1 is 1.16 bits per heavy atom. The molecule has 3 heterocycles. The minimum atomic E-state index is -0.565. The molecule has 0 atom stereocenters. The van der Waals surface area contributed by atoms with Gasteiger partial charge in [-0.1, -0.05) is 29.4 Å². The van der Waals surface area contributed by atoms with Crippen molar-refractivity contribution in [2.45, 2.75) is 33.9 Å². The highest BCUT2D eigenvalue weighted by molar-refractivity contribution is 6.03. The minimum absolute atomic E-state index is 0.0773. The average Bonchev–Trinajstić information content (AvgIpc) is 3.44. The molecule has 1 amide bonds. The lowest BCUT2D eigenvalue weighted by Gasteiger charge is -2.05. The molecule has 0 bridgehead atoms. The van der Waals surface area contributed by atoms with Gasteiger partial charge in [0.25, 0.3) is 5.91 Å². The fraction of sp³-hybridized carbons (Fsp3) is 0.238. The quantitative estimate of drug-likeness (QED) is 0.348. The van der Waals surface area contributed by atoms with Crippen LogP contribution in [0.4, 0.5) is 11.6 Å². The molecular weight excluding hydrogens is 414 g/mol. The van der Waals surface area contributed by atoms with E-state index in [9.17, 15) is 14.9 Å². The van der Waals surface area contributed by atoms with Gasteiger partial charge in [0.2, 0.25) is 0 Å². The lowest BCUT2D eigenvalue weighted by molar-refractivity contribution is -0.389. The largest absolute Gasteiger partial charge is 0.390 e. The number of rotatable bonds is 7. The molecule has 11 nitrogen and oxygen atoms in total. The molecule has 0 unspecified atom stereocenters. The molecule has 0 radical (unpaired) electrons. The molecule has 0 fully saturated rings. The number of nitro groups is 1. The van der Waals surface area contributed by atoms with E-state index in [4.69, 9.17) is 4.52 Å². The van der Waals surface area contributed by atoms with Crippen LogP contribution >= 0.6 is 0 Å². The van der Waals surface area contributed by atoms with E-state index in [2.05, 4.69) is 20.7 Å². The maximum absolute atomic E-state index is 12.8. The van der Waals surface area contributed by atoms with Crippen LogP contribution in [0, 0.1) is 30.9 Å². The molecule has 0 aliphatic rings. The predicted molar refractivity (Wildman–Crippen MR) is 114 cm³/mol. The number of aromatic nitrogens is 5. The van der Waals surface area contributed by atoms with E-state index >= 15 is 0 Å². The number of carbonyl (C=O) groups is 1. The summed E-state index contributed by atoms with van der Waals surface area (Å²) in [6.07, 6.45) is 1.78. The molecule has 11 heteroatoms. The van der Waals surface area contributed by atoms with E-state index in [1.165, 1.54) is 10.7 Å². The number of nitrogens with one attached hydrogen (secondary N) is 1. The maximum Gasteiger partial charge on any atom is 0.390 e. The molecule has 0 aliphatic heterocycles. The van der Waals surface area contributed by atoms with E-state index in [-0.39, 0.29) is 18.1 Å². The van der Waals surface area contributed by atoms with Gasteiger partial charge >= 0.3 is 5.82 Å². The number of carbonyl (C=O) groups excluding carboxylic acids is 1. The smallest absolute Gasteiger partial charge is 0.361 e. The zero-order valence-electron chi connectivity index (χ0n) is 17.8. The third-order valence-electron chi connectivity index (χ3n) is 5.14. The molecule has 1 N–H and O–H groups in total. The molecule has 0 spiro atoms. The Labute approximate surface area is 182 Å². The Morgan fingerprint density at radius 2 is 1.94 bits per heavy atom. The number of aryl methyl sites for hydroxylation is 3. The van der Waals surface area contributed by atoms with Crippen LogP contribution in [-0.2, 0) is 13.1 Å². The number of amides is 1. The SMILES string of the molecule is Cc1ccccc1Cn1ccc(NC(=O)c2noc(C)c2Cn2nc([N+](=O)[O-])cc2C)n1. The van der Waals surface area contributed by atoms with Gasteiger partial charge in [0.05, 0.1) is 35.5 Å². The fourth-order valence-electron chi connectivity index (χ4n) is 3.30. The second kappa shape index (κ2) is 8.46. The van der Waals surface area contributed by atoms with Crippen molar-refractivity contribution in [2.24, 2.45) is 0 Å². The minimum Gasteiger partial charge on any atom is -0.361 e. The highest BCUT2D eigenvalue weighted by atomic mass is 16.6. The van der Waals surface area contributed by atoms with Crippen LogP contribution < -0.4 is 5.32 Å². The molecule has 32 heavy (non-hydrogen) atoms. The average molecular weight is 435 g/mol. The van der Waals surface area contributed by atoms with E-state index in [1.54, 1.807) is 30.8 Å². The summed E-state index contributed by atoms with van der Waals surface area (Å²) in [5, 5.41) is 25.9. The summed E-state index contributed by atoms with van der Waals surface area (Å²) in [5.41, 5.74) is 3.44. The number of hydrogen-bond acceptors (Lipinski definition) is 7. The van der Waals surface area contributed by atoms with Crippen molar-refractivity contribution in [2.75, 3.05) is 5.32 Å². The third kappa shape index (κ3) is 4.26. The summed E-state index contributed by atoms with van der Waals surface area (Å²) >= 11 is 0. The summed E-state index contributed by atoms with van der Waals surface area (Å²) in [7, 11) is 0. The van der Waals surface area contributed by atoms with Crippen LogP contribution in [0.5, 0.6) is 0 Å². The molecule has 0 saturated carbocycles. The van der Waals surface area contributed by atoms with Gasteiger partial charge in [-0.05, 0) is 36.8 Å². The third-order valence-corrected chi connectivity index (χ3v) is 5.14. The van der Waals surface area contributed by atoms with Crippen LogP contribution in [0.25, 0.3) is 0 Å². The second-order valence-electron chi connectivity index (χ2n) is 7.40. The van der Waals surface area contributed by atoms with Crippen LogP contribution in [-0.4, -0.2) is 35.5 Å². The first-order valence-corrected chi connectivity index (χ1v) is 9.85. The summed E-state index contributed by atoms with van der Waals surface area (Å²) in [6, 6.07) is 11.1. The van der Waals surface area contributed by atoms with Gasteiger partial charge < -0.3 is 20.0 Å². The topological polar surface area (TPSA) is 134 Å². The Kier molecular flexibility index (Phi) is 5.54. The Hall–Kier alpha value is -4.28. The lowest BCUT2D eigenvalue weighted by Crippen LogP contribution is -2.17. The Bertz CT molecular complexity index is 1300. The first kappa shape index (κ1) is 21.0. The number of hydrogen-bond donors (Lipinski definition) is 1. The molecule has 0 saturated heterocycles. The van der Waals surface area contributed by atoms with Crippen LogP contribution in [0.2, 0.25) is 0 Å². The Balaban J connectivity index is 1.50. The normalized spacial score (nSPS) is 11.0. The van der Waals surface area contributed by atoms with Crippen molar-refractivity contribution < 1.29 is 14.2 Å². The maximum atomic E-state index is 12.8. The number of anilines is 1. The predicted octanol–water partition coefficient (Wildman–Crippen LogP) is 3.25. The summed E-state index contributed by atoms with van der Waals surface area (Å²) < 4.78 is 8.38. The van der Waals surface area contributed by atoms with Crippen molar-refractivity contribution in [1.29, 1.82) is 0 Å². The molecule has 4 rings (SSSR count). The number of benzene rings is 1. The highest BCUT2D eigenvalue weighted by Gasteiger charge is 2.24. The molecule has 4 aromatic rings. The van der Waals surface area contributed by atoms with Gasteiger partial charge in [-0.25, -0.2) is 0 Å². The monoisotopic (exact) mass is 435 g/mol. The lowest BCUT2D eigenvalue weighted by atomic mass is 10.1. The van der Waals surface area contributed by atoms with Gasteiger partial charge in [0.1, 0.15) is 5.76 Å². The molecular formula is C21H21N7O4. The molecule has 1 aromatic carbocycles. The molecule has 164 valence electrons. The van der Waals surface area contributed by atoms with Crippen molar-refractivity contribution in [3.8, 4) is 0 Å². The molecule has 0 aliphatic carbocycles. The second-order valence-corrected chi connectivity index (χ2v) is 7.40. The van der Waals surface area contributed by atoms with Crippen LogP contribution in [0.1, 0.15) is 38.6 Å². The van der Waals surface area contributed by atoms with Crippen molar-refractivity contribution in [3.05, 3.63) is 86.5 Å². The standard InChI is InChI=1S/C21H21N7O4/c1-13-6-4-5-7-16(13)11-26-9-8-18(23-26)22-21(29)20-17(15(3)32-25-20)12-27-14(2)10-19(24-27)28(30)31/h4-10H,11-12H2,1-3H3,(H,22,23,29). The van der Waals surface area contributed by atoms with Crippen LogP contribution in [0.15, 0.2) is 47.1 Å². The van der Waals surface area contributed by atoms with Crippen molar-refractivity contribution in [1.82, 2.24) is 24.7 Å². The van der Waals surface area contributed by atoms with E-state index in [0.29, 0.717) is 29.4 Å². The van der Waals surface area contributed by atoms with Crippen LogP contribution in [0.3, 0.4) is 0 Å². The van der Waals surface area contributed by atoms with Gasteiger partial charge in [-0.3, -0.25) is 9.48 Å².